The van der Waals surface area contributed by atoms with E-state index >= 15 is 0 Å². The Morgan fingerprint density at radius 3 is 2.79 bits per heavy atom. The van der Waals surface area contributed by atoms with E-state index in [1.165, 1.54) is 21.8 Å². The Morgan fingerprint density at radius 1 is 1.17 bits per heavy atom. The number of fused-ring (bicyclic) bond motifs is 2. The molecule has 4 heterocycles. The van der Waals surface area contributed by atoms with Crippen molar-refractivity contribution in [1.82, 2.24) is 19.6 Å². The van der Waals surface area contributed by atoms with Crippen LogP contribution in [0.4, 0.5) is 4.79 Å². The van der Waals surface area contributed by atoms with Crippen LogP contribution in [0.25, 0.3) is 4.96 Å². The Balaban J connectivity index is 1.46. The Kier molecular flexibility index (Phi) is 3.85. The molecule has 9 nitrogen and oxygen atoms in total. The lowest BCUT2D eigenvalue weighted by Gasteiger charge is -2.25. The number of ether oxygens (including phenoxy) is 2. The number of thiazole rings is 1. The molecule has 29 heavy (non-hydrogen) atoms. The number of benzene rings is 1. The molecule has 0 bridgehead atoms. The number of hydrogen-bond donors (Lipinski definition) is 1. The molecule has 1 atom stereocenters. The first-order valence-corrected chi connectivity index (χ1v) is 9.84. The molecule has 3 aromatic rings. The van der Waals surface area contributed by atoms with E-state index in [2.05, 4.69) is 10.3 Å². The van der Waals surface area contributed by atoms with Gasteiger partial charge in [-0.2, -0.15) is 0 Å². The normalized spacial score (nSPS) is 20.9. The molecule has 1 fully saturated rings. The zero-order valence-corrected chi connectivity index (χ0v) is 16.2. The van der Waals surface area contributed by atoms with Crippen molar-refractivity contribution in [2.75, 3.05) is 13.2 Å². The van der Waals surface area contributed by atoms with Crippen LogP contribution in [0.3, 0.4) is 0 Å². The molecular weight excluding hydrogens is 396 g/mol. The molecule has 2 aliphatic rings. The van der Waals surface area contributed by atoms with Gasteiger partial charge in [-0.05, 0) is 24.6 Å². The van der Waals surface area contributed by atoms with E-state index in [-0.39, 0.29) is 12.1 Å². The molecule has 2 aromatic heterocycles. The van der Waals surface area contributed by atoms with E-state index in [0.29, 0.717) is 40.9 Å². The molecule has 0 unspecified atom stereocenters. The van der Waals surface area contributed by atoms with Crippen molar-refractivity contribution in [3.8, 4) is 11.5 Å². The number of imide groups is 1. The average Bonchev–Trinajstić information content (AvgIpc) is 3.27. The number of urea groups is 1. The summed E-state index contributed by atoms with van der Waals surface area (Å²) in [6, 6.07) is 5.96. The maximum Gasteiger partial charge on any atom is 0.325 e. The van der Waals surface area contributed by atoms with Gasteiger partial charge >= 0.3 is 6.03 Å². The number of carbonyl (C=O) groups is 2. The van der Waals surface area contributed by atoms with Crippen LogP contribution in [0.1, 0.15) is 18.2 Å². The fraction of sp³-hybridized carbons (Fsp3) is 0.263. The third-order valence-corrected chi connectivity index (χ3v) is 5.83. The number of amides is 3. The first-order valence-electron chi connectivity index (χ1n) is 8.96. The highest BCUT2D eigenvalue weighted by atomic mass is 32.1. The van der Waals surface area contributed by atoms with E-state index in [4.69, 9.17) is 9.47 Å². The summed E-state index contributed by atoms with van der Waals surface area (Å²) in [6.07, 6.45) is 1.63. The second-order valence-electron chi connectivity index (χ2n) is 6.95. The van der Waals surface area contributed by atoms with Crippen molar-refractivity contribution in [3.63, 3.8) is 0 Å². The summed E-state index contributed by atoms with van der Waals surface area (Å²) in [5, 5.41) is 4.50. The molecule has 0 radical (unpaired) electrons. The van der Waals surface area contributed by atoms with E-state index in [9.17, 15) is 14.4 Å². The standard InChI is InChI=1S/C19H16N4O5S/c1-19(11-2-3-13-14(8-11)28-6-5-27-13)16(25)23(17(26)21-19)10-12-9-15(24)22-4-7-29-18(22)20-12/h2-4,7-9H,5-6,10H2,1H3,(H,21,26)/t19-/m0/s1. The van der Waals surface area contributed by atoms with Gasteiger partial charge < -0.3 is 14.8 Å². The fourth-order valence-corrected chi connectivity index (χ4v) is 4.26. The van der Waals surface area contributed by atoms with Gasteiger partial charge in [0.15, 0.2) is 16.5 Å². The van der Waals surface area contributed by atoms with Crippen LogP contribution in [-0.4, -0.2) is 39.4 Å². The Bertz CT molecular complexity index is 1220. The van der Waals surface area contributed by atoms with Crippen molar-refractivity contribution in [2.24, 2.45) is 0 Å². The van der Waals surface area contributed by atoms with Gasteiger partial charge in [0.05, 0.1) is 12.2 Å². The van der Waals surface area contributed by atoms with Crippen LogP contribution in [0.5, 0.6) is 11.5 Å². The van der Waals surface area contributed by atoms with E-state index < -0.39 is 17.5 Å². The predicted octanol–water partition coefficient (Wildman–Crippen LogP) is 1.49. The third-order valence-electron chi connectivity index (χ3n) is 5.07. The fourth-order valence-electron chi connectivity index (χ4n) is 3.52. The average molecular weight is 412 g/mol. The summed E-state index contributed by atoms with van der Waals surface area (Å²) in [5.41, 5.74) is -0.570. The maximum absolute atomic E-state index is 13.2. The summed E-state index contributed by atoms with van der Waals surface area (Å²) < 4.78 is 12.5. The maximum atomic E-state index is 13.2. The highest BCUT2D eigenvalue weighted by Crippen LogP contribution is 2.37. The van der Waals surface area contributed by atoms with Gasteiger partial charge in [0.2, 0.25) is 0 Å². The molecule has 5 rings (SSSR count). The predicted molar refractivity (Wildman–Crippen MR) is 103 cm³/mol. The van der Waals surface area contributed by atoms with Crippen LogP contribution in [0.15, 0.2) is 40.6 Å². The minimum Gasteiger partial charge on any atom is -0.486 e. The Hall–Kier alpha value is -3.40. The van der Waals surface area contributed by atoms with Gasteiger partial charge in [0, 0.05) is 17.6 Å². The molecule has 1 aromatic carbocycles. The number of hydrogen-bond acceptors (Lipinski definition) is 7. The van der Waals surface area contributed by atoms with Crippen molar-refractivity contribution >= 4 is 28.2 Å². The Morgan fingerprint density at radius 2 is 1.97 bits per heavy atom. The molecule has 10 heteroatoms. The molecule has 148 valence electrons. The zero-order valence-electron chi connectivity index (χ0n) is 15.4. The van der Waals surface area contributed by atoms with Crippen LogP contribution in [0, 0.1) is 0 Å². The van der Waals surface area contributed by atoms with E-state index in [1.54, 1.807) is 36.7 Å². The molecule has 3 amide bonds. The Labute approximate surface area is 168 Å². The van der Waals surface area contributed by atoms with Gasteiger partial charge in [0.25, 0.3) is 11.5 Å². The van der Waals surface area contributed by atoms with E-state index in [0.717, 1.165) is 4.90 Å². The minimum absolute atomic E-state index is 0.0888. The van der Waals surface area contributed by atoms with Crippen molar-refractivity contribution in [3.05, 3.63) is 57.5 Å². The molecule has 2 aliphatic heterocycles. The van der Waals surface area contributed by atoms with Gasteiger partial charge in [-0.15, -0.1) is 11.3 Å². The summed E-state index contributed by atoms with van der Waals surface area (Å²) in [6.45, 7) is 2.44. The van der Waals surface area contributed by atoms with Crippen LogP contribution < -0.4 is 20.3 Å². The topological polar surface area (TPSA) is 102 Å². The number of nitrogens with one attached hydrogen (secondary N) is 1. The van der Waals surface area contributed by atoms with Crippen LogP contribution in [-0.2, 0) is 16.9 Å². The molecule has 1 N–H and O–H groups in total. The largest absolute Gasteiger partial charge is 0.486 e. The second kappa shape index (κ2) is 6.31. The zero-order chi connectivity index (χ0) is 20.2. The lowest BCUT2D eigenvalue weighted by atomic mass is 9.91. The second-order valence-corrected chi connectivity index (χ2v) is 7.82. The smallest absolute Gasteiger partial charge is 0.325 e. The van der Waals surface area contributed by atoms with Gasteiger partial charge in [0.1, 0.15) is 18.8 Å². The lowest BCUT2D eigenvalue weighted by molar-refractivity contribution is -0.131. The monoisotopic (exact) mass is 412 g/mol. The third kappa shape index (κ3) is 2.75. The number of nitrogens with zero attached hydrogens (tertiary/aromatic N) is 3. The van der Waals surface area contributed by atoms with Crippen LogP contribution in [0.2, 0.25) is 0 Å². The minimum atomic E-state index is -1.25. The van der Waals surface area contributed by atoms with E-state index in [1.807, 2.05) is 0 Å². The highest BCUT2D eigenvalue weighted by molar-refractivity contribution is 7.15. The molecule has 0 saturated carbocycles. The van der Waals surface area contributed by atoms with Gasteiger partial charge in [-0.25, -0.2) is 9.78 Å². The molecule has 1 saturated heterocycles. The van der Waals surface area contributed by atoms with Crippen molar-refractivity contribution in [2.45, 2.75) is 19.0 Å². The first-order chi connectivity index (χ1) is 14.0. The summed E-state index contributed by atoms with van der Waals surface area (Å²) in [5.74, 6) is 0.715. The highest BCUT2D eigenvalue weighted by Gasteiger charge is 2.49. The number of aromatic nitrogens is 2. The lowest BCUT2D eigenvalue weighted by Crippen LogP contribution is -2.41. The quantitative estimate of drug-likeness (QED) is 0.654. The summed E-state index contributed by atoms with van der Waals surface area (Å²) >= 11 is 1.31. The molecule has 0 spiro atoms. The first kappa shape index (κ1) is 17.7. The summed E-state index contributed by atoms with van der Waals surface area (Å²) in [4.78, 5) is 43.9. The van der Waals surface area contributed by atoms with Crippen molar-refractivity contribution in [1.29, 1.82) is 0 Å². The van der Waals surface area contributed by atoms with Crippen molar-refractivity contribution < 1.29 is 19.1 Å². The number of rotatable bonds is 3. The van der Waals surface area contributed by atoms with Gasteiger partial charge in [-0.1, -0.05) is 6.07 Å². The summed E-state index contributed by atoms with van der Waals surface area (Å²) in [7, 11) is 0. The molecular formula is C19H16N4O5S. The molecule has 0 aliphatic carbocycles. The SMILES string of the molecule is C[C@@]1(c2ccc3c(c2)OCCO3)NC(=O)N(Cc2cc(=O)n3ccsc3n2)C1=O. The van der Waals surface area contributed by atoms with Crippen LogP contribution >= 0.6 is 11.3 Å². The van der Waals surface area contributed by atoms with Gasteiger partial charge in [-0.3, -0.25) is 18.9 Å². The number of carbonyl (C=O) groups excluding carboxylic acids is 2.